The molecule has 1 aromatic heterocycles. The standard InChI is InChI=1S/C11H12N4O3.ClH/c12-5-6-14-8-11(7-13-14)18-10-3-1-9(2-4-10)15(16)17;/h1-4,7-8H,5-6,12H2;1H. The number of nitro groups is 1. The molecule has 2 rings (SSSR count). The first-order valence-corrected chi connectivity index (χ1v) is 5.34. The minimum absolute atomic E-state index is 0. The van der Waals surface area contributed by atoms with Crippen LogP contribution in [0.2, 0.25) is 0 Å². The van der Waals surface area contributed by atoms with Gasteiger partial charge in [0.25, 0.3) is 5.69 Å². The molecule has 0 atom stereocenters. The zero-order valence-electron chi connectivity index (χ0n) is 9.93. The van der Waals surface area contributed by atoms with E-state index in [1.165, 1.54) is 12.1 Å². The van der Waals surface area contributed by atoms with Crippen molar-refractivity contribution >= 4 is 18.1 Å². The van der Waals surface area contributed by atoms with Gasteiger partial charge in [0.05, 0.1) is 23.9 Å². The average Bonchev–Trinajstić information content (AvgIpc) is 2.78. The fraction of sp³-hybridized carbons (Fsp3) is 0.182. The summed E-state index contributed by atoms with van der Waals surface area (Å²) in [5.41, 5.74) is 5.43. The largest absolute Gasteiger partial charge is 0.454 e. The van der Waals surface area contributed by atoms with E-state index >= 15 is 0 Å². The van der Waals surface area contributed by atoms with Gasteiger partial charge in [-0.25, -0.2) is 0 Å². The number of ether oxygens (including phenoxy) is 1. The number of nitro benzene ring substituents is 1. The summed E-state index contributed by atoms with van der Waals surface area (Å²) in [7, 11) is 0. The number of halogens is 1. The van der Waals surface area contributed by atoms with Crippen molar-refractivity contribution in [3.8, 4) is 11.5 Å². The lowest BCUT2D eigenvalue weighted by Gasteiger charge is -2.01. The summed E-state index contributed by atoms with van der Waals surface area (Å²) in [6.07, 6.45) is 3.28. The van der Waals surface area contributed by atoms with Gasteiger partial charge in [0.15, 0.2) is 5.75 Å². The lowest BCUT2D eigenvalue weighted by molar-refractivity contribution is -0.384. The molecule has 102 valence electrons. The Hall–Kier alpha value is -2.12. The molecule has 0 saturated heterocycles. The summed E-state index contributed by atoms with van der Waals surface area (Å²) < 4.78 is 7.16. The van der Waals surface area contributed by atoms with Gasteiger partial charge >= 0.3 is 0 Å². The molecule has 0 aliphatic carbocycles. The second-order valence-electron chi connectivity index (χ2n) is 3.58. The molecule has 7 nitrogen and oxygen atoms in total. The second kappa shape index (κ2) is 6.72. The maximum Gasteiger partial charge on any atom is 0.269 e. The van der Waals surface area contributed by atoms with Gasteiger partial charge in [-0.3, -0.25) is 14.8 Å². The highest BCUT2D eigenvalue weighted by molar-refractivity contribution is 5.85. The van der Waals surface area contributed by atoms with E-state index in [2.05, 4.69) is 5.10 Å². The smallest absolute Gasteiger partial charge is 0.269 e. The zero-order valence-corrected chi connectivity index (χ0v) is 10.7. The van der Waals surface area contributed by atoms with Crippen molar-refractivity contribution in [2.24, 2.45) is 5.73 Å². The van der Waals surface area contributed by atoms with Crippen molar-refractivity contribution in [3.05, 3.63) is 46.8 Å². The van der Waals surface area contributed by atoms with Crippen LogP contribution in [0.4, 0.5) is 5.69 Å². The van der Waals surface area contributed by atoms with Gasteiger partial charge in [0, 0.05) is 18.7 Å². The van der Waals surface area contributed by atoms with Crippen molar-refractivity contribution in [1.82, 2.24) is 9.78 Å². The van der Waals surface area contributed by atoms with E-state index in [1.54, 1.807) is 29.2 Å². The Labute approximate surface area is 115 Å². The monoisotopic (exact) mass is 284 g/mol. The second-order valence-corrected chi connectivity index (χ2v) is 3.58. The molecule has 8 heteroatoms. The molecule has 19 heavy (non-hydrogen) atoms. The highest BCUT2D eigenvalue weighted by Gasteiger charge is 2.06. The third kappa shape index (κ3) is 3.94. The van der Waals surface area contributed by atoms with E-state index in [9.17, 15) is 10.1 Å². The molecule has 1 heterocycles. The Morgan fingerprint density at radius 1 is 1.32 bits per heavy atom. The maximum absolute atomic E-state index is 10.5. The van der Waals surface area contributed by atoms with Gasteiger partial charge in [-0.1, -0.05) is 0 Å². The van der Waals surface area contributed by atoms with Crippen LogP contribution >= 0.6 is 12.4 Å². The van der Waals surface area contributed by atoms with Crippen LogP contribution in [0.1, 0.15) is 0 Å². The number of aromatic nitrogens is 2. The van der Waals surface area contributed by atoms with Crippen LogP contribution in [-0.4, -0.2) is 21.2 Å². The first-order chi connectivity index (χ1) is 8.69. The SMILES string of the molecule is Cl.NCCn1cc(Oc2ccc([N+](=O)[O-])cc2)cn1. The minimum atomic E-state index is -0.455. The fourth-order valence-electron chi connectivity index (χ4n) is 1.42. The van der Waals surface area contributed by atoms with Crippen LogP contribution in [0.5, 0.6) is 11.5 Å². The number of benzene rings is 1. The number of nitrogens with two attached hydrogens (primary N) is 1. The fourth-order valence-corrected chi connectivity index (χ4v) is 1.42. The first kappa shape index (κ1) is 14.9. The van der Waals surface area contributed by atoms with E-state index in [1.807, 2.05) is 0 Å². The van der Waals surface area contributed by atoms with Crippen LogP contribution in [-0.2, 0) is 6.54 Å². The van der Waals surface area contributed by atoms with Crippen LogP contribution in [0.15, 0.2) is 36.7 Å². The summed E-state index contributed by atoms with van der Waals surface area (Å²) >= 11 is 0. The number of hydrogen-bond acceptors (Lipinski definition) is 5. The molecular formula is C11H13ClN4O3. The third-order valence-electron chi connectivity index (χ3n) is 2.25. The zero-order chi connectivity index (χ0) is 13.0. The van der Waals surface area contributed by atoms with Crippen molar-refractivity contribution in [2.45, 2.75) is 6.54 Å². The molecule has 2 N–H and O–H groups in total. The molecule has 0 spiro atoms. The van der Waals surface area contributed by atoms with E-state index in [4.69, 9.17) is 10.5 Å². The van der Waals surface area contributed by atoms with Crippen molar-refractivity contribution in [1.29, 1.82) is 0 Å². The molecule has 0 radical (unpaired) electrons. The lowest BCUT2D eigenvalue weighted by atomic mass is 10.3. The molecule has 0 saturated carbocycles. The van der Waals surface area contributed by atoms with Gasteiger partial charge in [-0.15, -0.1) is 12.4 Å². The van der Waals surface area contributed by atoms with E-state index in [0.29, 0.717) is 24.6 Å². The molecule has 0 unspecified atom stereocenters. The molecular weight excluding hydrogens is 272 g/mol. The van der Waals surface area contributed by atoms with Crippen molar-refractivity contribution < 1.29 is 9.66 Å². The summed E-state index contributed by atoms with van der Waals surface area (Å²) in [4.78, 5) is 10.0. The van der Waals surface area contributed by atoms with Crippen molar-refractivity contribution in [3.63, 3.8) is 0 Å². The van der Waals surface area contributed by atoms with Gasteiger partial charge in [-0.05, 0) is 12.1 Å². The highest BCUT2D eigenvalue weighted by atomic mass is 35.5. The topological polar surface area (TPSA) is 96.2 Å². The Balaban J connectivity index is 0.00000180. The van der Waals surface area contributed by atoms with Gasteiger partial charge in [0.2, 0.25) is 0 Å². The van der Waals surface area contributed by atoms with Gasteiger partial charge in [-0.2, -0.15) is 5.10 Å². The molecule has 0 amide bonds. The summed E-state index contributed by atoms with van der Waals surface area (Å²) in [6, 6.07) is 5.86. The van der Waals surface area contributed by atoms with Crippen molar-refractivity contribution in [2.75, 3.05) is 6.54 Å². The van der Waals surface area contributed by atoms with Crippen LogP contribution in [0, 0.1) is 10.1 Å². The molecule has 1 aromatic carbocycles. The number of hydrogen-bond donors (Lipinski definition) is 1. The Morgan fingerprint density at radius 3 is 2.58 bits per heavy atom. The predicted molar refractivity (Wildman–Crippen MR) is 71.7 cm³/mol. The lowest BCUT2D eigenvalue weighted by Crippen LogP contribution is -2.09. The Kier molecular flexibility index (Phi) is 5.28. The first-order valence-electron chi connectivity index (χ1n) is 5.34. The normalized spacial score (nSPS) is 9.74. The number of non-ortho nitro benzene ring substituents is 1. The van der Waals surface area contributed by atoms with Gasteiger partial charge in [0.1, 0.15) is 5.75 Å². The molecule has 0 fully saturated rings. The third-order valence-corrected chi connectivity index (χ3v) is 2.25. The Morgan fingerprint density at radius 2 is 2.00 bits per heavy atom. The summed E-state index contributed by atoms with van der Waals surface area (Å²) in [5, 5.41) is 14.5. The number of rotatable bonds is 5. The quantitative estimate of drug-likeness (QED) is 0.669. The van der Waals surface area contributed by atoms with E-state index < -0.39 is 4.92 Å². The molecule has 0 bridgehead atoms. The minimum Gasteiger partial charge on any atom is -0.454 e. The van der Waals surface area contributed by atoms with Crippen LogP contribution < -0.4 is 10.5 Å². The molecule has 0 aliphatic heterocycles. The average molecular weight is 285 g/mol. The Bertz CT molecular complexity index is 541. The summed E-state index contributed by atoms with van der Waals surface area (Å²) in [5.74, 6) is 1.09. The predicted octanol–water partition coefficient (Wildman–Crippen LogP) is 1.96. The van der Waals surface area contributed by atoms with E-state index in [0.717, 1.165) is 0 Å². The number of nitrogens with zero attached hydrogens (tertiary/aromatic N) is 3. The maximum atomic E-state index is 10.5. The van der Waals surface area contributed by atoms with Crippen LogP contribution in [0.3, 0.4) is 0 Å². The highest BCUT2D eigenvalue weighted by Crippen LogP contribution is 2.23. The van der Waals surface area contributed by atoms with Crippen LogP contribution in [0.25, 0.3) is 0 Å². The molecule has 2 aromatic rings. The van der Waals surface area contributed by atoms with E-state index in [-0.39, 0.29) is 18.1 Å². The summed E-state index contributed by atoms with van der Waals surface area (Å²) in [6.45, 7) is 1.11. The molecule has 0 aliphatic rings. The van der Waals surface area contributed by atoms with Gasteiger partial charge < -0.3 is 10.5 Å².